The highest BCUT2D eigenvalue weighted by molar-refractivity contribution is 5.81. The molecule has 5 unspecified atom stereocenters. The number of nitro benzene ring substituents is 2. The summed E-state index contributed by atoms with van der Waals surface area (Å²) >= 11 is 0. The van der Waals surface area contributed by atoms with Crippen LogP contribution >= 0.6 is 0 Å². The van der Waals surface area contributed by atoms with Gasteiger partial charge in [0.1, 0.15) is 36.3 Å². The van der Waals surface area contributed by atoms with E-state index in [1.807, 2.05) is 0 Å². The third-order valence-electron chi connectivity index (χ3n) is 6.09. The smallest absolute Gasteiger partial charge is 0.303 e. The summed E-state index contributed by atoms with van der Waals surface area (Å²) in [4.78, 5) is 69.9. The number of carbonyl (C=O) groups excluding carboxylic acids is 3. The average Bonchev–Trinajstić information content (AvgIpc) is 3.34. The lowest BCUT2D eigenvalue weighted by molar-refractivity contribution is -0.393. The van der Waals surface area contributed by atoms with Gasteiger partial charge in [-0.2, -0.15) is 0 Å². The third-order valence-corrected chi connectivity index (χ3v) is 6.09. The number of nitrogens with two attached hydrogens (primary N) is 1. The van der Waals surface area contributed by atoms with Gasteiger partial charge in [0.15, 0.2) is 29.9 Å². The fourth-order valence-corrected chi connectivity index (χ4v) is 4.45. The number of benzene rings is 1. The van der Waals surface area contributed by atoms with Crippen LogP contribution in [0.1, 0.15) is 27.0 Å². The molecule has 2 aromatic heterocycles. The number of nitro groups is 2. The van der Waals surface area contributed by atoms with E-state index in [9.17, 15) is 34.6 Å². The predicted molar refractivity (Wildman–Crippen MR) is 139 cm³/mol. The molecule has 222 valence electrons. The van der Waals surface area contributed by atoms with E-state index in [2.05, 4.69) is 20.3 Å². The first-order chi connectivity index (χ1) is 19.9. The molecule has 1 aliphatic rings. The van der Waals surface area contributed by atoms with Crippen molar-refractivity contribution in [2.75, 3.05) is 17.7 Å². The minimum atomic E-state index is -1.43. The summed E-state index contributed by atoms with van der Waals surface area (Å²) in [6, 6.07) is 1.56. The number of anilines is 2. The van der Waals surface area contributed by atoms with Crippen LogP contribution in [0.5, 0.6) is 0 Å². The molecule has 4 rings (SSSR count). The molecule has 19 nitrogen and oxygen atoms in total. The Balaban J connectivity index is 1.91. The van der Waals surface area contributed by atoms with Crippen LogP contribution in [0.3, 0.4) is 0 Å². The zero-order valence-corrected chi connectivity index (χ0v) is 22.2. The summed E-state index contributed by atoms with van der Waals surface area (Å²) in [6.07, 6.45) is -2.92. The fraction of sp³-hybridized carbons (Fsp3) is 0.391. The lowest BCUT2D eigenvalue weighted by atomic mass is 9.94. The molecule has 5 atom stereocenters. The lowest BCUT2D eigenvalue weighted by Crippen LogP contribution is -2.61. The molecule has 1 aliphatic heterocycles. The van der Waals surface area contributed by atoms with Gasteiger partial charge < -0.3 is 30.0 Å². The van der Waals surface area contributed by atoms with Crippen molar-refractivity contribution in [3.05, 3.63) is 51.1 Å². The quantitative estimate of drug-likeness (QED) is 0.153. The summed E-state index contributed by atoms with van der Waals surface area (Å²) in [6.45, 7) is 2.87. The fourth-order valence-electron chi connectivity index (χ4n) is 4.45. The number of fused-ring (bicyclic) bond motifs is 1. The Hall–Kier alpha value is -5.46. The van der Waals surface area contributed by atoms with E-state index >= 15 is 0 Å². The second kappa shape index (κ2) is 12.0. The zero-order valence-electron chi connectivity index (χ0n) is 22.2. The number of rotatable bonds is 9. The zero-order chi connectivity index (χ0) is 30.7. The summed E-state index contributed by atoms with van der Waals surface area (Å²) in [7, 11) is 0. The van der Waals surface area contributed by atoms with Crippen LogP contribution in [0, 0.1) is 20.2 Å². The molecule has 19 heteroatoms. The number of aromatic nitrogens is 4. The van der Waals surface area contributed by atoms with Crippen molar-refractivity contribution in [3.8, 4) is 0 Å². The summed E-state index contributed by atoms with van der Waals surface area (Å²) < 4.78 is 23.8. The van der Waals surface area contributed by atoms with Gasteiger partial charge in [-0.15, -0.1) is 0 Å². The molecule has 0 radical (unpaired) electrons. The Kier molecular flexibility index (Phi) is 8.41. The second-order valence-corrected chi connectivity index (χ2v) is 8.98. The van der Waals surface area contributed by atoms with Crippen LogP contribution in [-0.2, 0) is 33.3 Å². The van der Waals surface area contributed by atoms with Gasteiger partial charge >= 0.3 is 17.9 Å². The molecule has 0 aliphatic carbocycles. The number of non-ortho nitro benzene ring substituents is 1. The predicted octanol–water partition coefficient (Wildman–Crippen LogP) is 1.03. The van der Waals surface area contributed by atoms with Gasteiger partial charge in [-0.05, 0) is 6.07 Å². The third kappa shape index (κ3) is 6.14. The summed E-state index contributed by atoms with van der Waals surface area (Å²) in [5.41, 5.74) is 4.80. The van der Waals surface area contributed by atoms with E-state index in [0.29, 0.717) is 0 Å². The lowest BCUT2D eigenvalue weighted by Gasteiger charge is -2.45. The van der Waals surface area contributed by atoms with Gasteiger partial charge in [0.2, 0.25) is 0 Å². The van der Waals surface area contributed by atoms with Crippen LogP contribution < -0.4 is 11.1 Å². The number of hydrogen-bond donors (Lipinski definition) is 2. The van der Waals surface area contributed by atoms with Gasteiger partial charge in [-0.1, -0.05) is 0 Å². The molecule has 3 heterocycles. The number of carbonyl (C=O) groups is 3. The first-order valence-electron chi connectivity index (χ1n) is 12.1. The van der Waals surface area contributed by atoms with E-state index in [1.54, 1.807) is 0 Å². The van der Waals surface area contributed by atoms with Crippen molar-refractivity contribution in [3.63, 3.8) is 0 Å². The molecule has 0 saturated carbocycles. The molecule has 0 amide bonds. The van der Waals surface area contributed by atoms with Crippen molar-refractivity contribution in [2.24, 2.45) is 0 Å². The Labute approximate surface area is 235 Å². The maximum absolute atomic E-state index is 12.3. The number of ether oxygens (including phenoxy) is 4. The van der Waals surface area contributed by atoms with Gasteiger partial charge in [-0.25, -0.2) is 15.0 Å². The van der Waals surface area contributed by atoms with Crippen molar-refractivity contribution < 1.29 is 43.2 Å². The van der Waals surface area contributed by atoms with E-state index < -0.39 is 76.3 Å². The normalized spacial score (nSPS) is 21.7. The van der Waals surface area contributed by atoms with E-state index in [-0.39, 0.29) is 22.7 Å². The molecule has 0 bridgehead atoms. The number of nitrogens with one attached hydrogen (secondary N) is 1. The van der Waals surface area contributed by atoms with Gasteiger partial charge in [-0.3, -0.25) is 39.2 Å². The molecular weight excluding hydrogens is 564 g/mol. The van der Waals surface area contributed by atoms with Crippen molar-refractivity contribution in [1.29, 1.82) is 0 Å². The first kappa shape index (κ1) is 29.5. The molecule has 0 spiro atoms. The van der Waals surface area contributed by atoms with E-state index in [4.69, 9.17) is 24.7 Å². The Bertz CT molecular complexity index is 1560. The van der Waals surface area contributed by atoms with Crippen LogP contribution in [0.25, 0.3) is 11.2 Å². The standard InChI is InChI=1S/C23H24N8O11/c1-10(32)39-7-16-19(40-11(2)33)20(41-12(3)34)17(28-14-5-4-13(30(35)36)6-15(14)31(37)38)23(42-16)29-9-27-18-21(24)25-8-26-22(18)29/h4-6,8-9,16-17,19-20,23,28H,7H2,1-3H3,(H2,24,25,26). The van der Waals surface area contributed by atoms with Gasteiger partial charge in [0.05, 0.1) is 22.2 Å². The van der Waals surface area contributed by atoms with Crippen LogP contribution in [0.4, 0.5) is 22.9 Å². The number of nitrogens with zero attached hydrogens (tertiary/aromatic N) is 6. The van der Waals surface area contributed by atoms with Gasteiger partial charge in [0, 0.05) is 26.8 Å². The minimum Gasteiger partial charge on any atom is -0.463 e. The SMILES string of the molecule is CC(=O)OCC1OC(n2cnc3c(N)ncnc32)C(Nc2ccc([N+](=O)[O-])cc2[N+](=O)[O-])C(OC(C)=O)C1OC(C)=O. The van der Waals surface area contributed by atoms with Crippen LogP contribution in [-0.4, -0.2) is 78.2 Å². The molecule has 1 fully saturated rings. The Morgan fingerprint density at radius 3 is 2.33 bits per heavy atom. The van der Waals surface area contributed by atoms with E-state index in [1.165, 1.54) is 10.9 Å². The number of nitrogen functional groups attached to an aromatic ring is 1. The van der Waals surface area contributed by atoms with Gasteiger partial charge in [0.25, 0.3) is 11.4 Å². The van der Waals surface area contributed by atoms with E-state index in [0.717, 1.165) is 45.3 Å². The highest BCUT2D eigenvalue weighted by Crippen LogP contribution is 2.38. The van der Waals surface area contributed by atoms with Crippen molar-refractivity contribution in [2.45, 2.75) is 51.4 Å². The minimum absolute atomic E-state index is 0.0239. The topological polar surface area (TPSA) is 256 Å². The van der Waals surface area contributed by atoms with Crippen molar-refractivity contribution >= 4 is 52.0 Å². The van der Waals surface area contributed by atoms with Crippen molar-refractivity contribution in [1.82, 2.24) is 19.5 Å². The molecule has 1 saturated heterocycles. The number of esters is 3. The largest absolute Gasteiger partial charge is 0.463 e. The Morgan fingerprint density at radius 1 is 1.02 bits per heavy atom. The summed E-state index contributed by atoms with van der Waals surface area (Å²) in [5, 5.41) is 26.0. The number of hydrogen-bond acceptors (Lipinski definition) is 16. The maximum Gasteiger partial charge on any atom is 0.303 e. The molecule has 42 heavy (non-hydrogen) atoms. The average molecular weight is 588 g/mol. The molecule has 3 N–H and O–H groups in total. The highest BCUT2D eigenvalue weighted by atomic mass is 16.6. The van der Waals surface area contributed by atoms with Crippen LogP contribution in [0.15, 0.2) is 30.9 Å². The Morgan fingerprint density at radius 2 is 1.71 bits per heavy atom. The monoisotopic (exact) mass is 588 g/mol. The highest BCUT2D eigenvalue weighted by Gasteiger charge is 2.52. The molecule has 1 aromatic carbocycles. The summed E-state index contributed by atoms with van der Waals surface area (Å²) in [5.74, 6) is -2.29. The van der Waals surface area contributed by atoms with Crippen LogP contribution in [0.2, 0.25) is 0 Å². The molecule has 3 aromatic rings. The molecular formula is C23H24N8O11. The first-order valence-corrected chi connectivity index (χ1v) is 12.1. The second-order valence-electron chi connectivity index (χ2n) is 8.98. The maximum atomic E-state index is 12.3. The number of imidazole rings is 1.